The van der Waals surface area contributed by atoms with Crippen molar-refractivity contribution in [3.05, 3.63) is 94.0 Å². The van der Waals surface area contributed by atoms with E-state index in [0.29, 0.717) is 55.8 Å². The molecule has 3 N–H and O–H groups in total. The fraction of sp³-hybridized carbons (Fsp3) is 0.364. The number of benzene rings is 3. The average Bonchev–Trinajstić information content (AvgIpc) is 3.02. The number of likely N-dealkylation sites (tertiary alicyclic amines) is 1. The Morgan fingerprint density at radius 2 is 1.71 bits per heavy atom. The van der Waals surface area contributed by atoms with Crippen LogP contribution in [0.4, 0.5) is 5.69 Å². The molecule has 1 heterocycles. The standard InChI is InChI=1S/C33H36ClN3O5/c1-3-42-32(40)33(21-9-5-4-6-10-21)16-13-24(23-11-7-8-12-26(23)33)31(39)37-17-14-22(15-18-37)36-30(38)25-19-27(34)28(35)20-29(25)41-2/h4-12,19-20,22,24H,3,13-18,35H2,1-2H3,(H,36,38). The SMILES string of the molecule is CCOC(=O)C1(c2ccccc2)CCC(C(=O)N2CCC(NC(=O)c3cc(Cl)c(N)cc3OC)CC2)c2ccccc21. The number of rotatable bonds is 7. The molecule has 3 aromatic carbocycles. The maximum atomic E-state index is 13.9. The predicted molar refractivity (Wildman–Crippen MR) is 162 cm³/mol. The molecule has 2 atom stereocenters. The third kappa shape index (κ3) is 5.43. The molecule has 0 spiro atoms. The van der Waals surface area contributed by atoms with Crippen LogP contribution < -0.4 is 15.8 Å². The number of esters is 1. The van der Waals surface area contributed by atoms with Crippen molar-refractivity contribution in [2.24, 2.45) is 0 Å². The second-order valence-corrected chi connectivity index (χ2v) is 11.2. The largest absolute Gasteiger partial charge is 0.496 e. The van der Waals surface area contributed by atoms with Gasteiger partial charge in [-0.25, -0.2) is 0 Å². The highest BCUT2D eigenvalue weighted by molar-refractivity contribution is 6.33. The fourth-order valence-corrected chi connectivity index (χ4v) is 6.51. The van der Waals surface area contributed by atoms with Crippen LogP contribution in [0.3, 0.4) is 0 Å². The number of anilines is 1. The van der Waals surface area contributed by atoms with Crippen LogP contribution in [0.25, 0.3) is 0 Å². The van der Waals surface area contributed by atoms with E-state index in [2.05, 4.69) is 5.32 Å². The number of hydrogen-bond acceptors (Lipinski definition) is 6. The smallest absolute Gasteiger partial charge is 0.321 e. The molecule has 1 aliphatic heterocycles. The van der Waals surface area contributed by atoms with Gasteiger partial charge in [0, 0.05) is 25.2 Å². The summed E-state index contributed by atoms with van der Waals surface area (Å²) in [6.07, 6.45) is 2.24. The number of carbonyl (C=O) groups is 3. The van der Waals surface area contributed by atoms with Crippen molar-refractivity contribution in [2.45, 2.75) is 50.0 Å². The van der Waals surface area contributed by atoms with E-state index in [1.54, 1.807) is 0 Å². The summed E-state index contributed by atoms with van der Waals surface area (Å²) in [5, 5.41) is 3.34. The normalized spacial score (nSPS) is 20.4. The molecule has 2 amide bonds. The molecule has 0 saturated carbocycles. The van der Waals surface area contributed by atoms with Crippen LogP contribution in [0.2, 0.25) is 5.02 Å². The third-order valence-corrected chi connectivity index (χ3v) is 8.83. The van der Waals surface area contributed by atoms with Crippen LogP contribution in [0.5, 0.6) is 5.75 Å². The fourth-order valence-electron chi connectivity index (χ4n) is 6.35. The van der Waals surface area contributed by atoms with Crippen molar-refractivity contribution in [3.8, 4) is 5.75 Å². The quantitative estimate of drug-likeness (QED) is 0.294. The van der Waals surface area contributed by atoms with Crippen molar-refractivity contribution in [1.82, 2.24) is 10.2 Å². The van der Waals surface area contributed by atoms with Gasteiger partial charge < -0.3 is 25.4 Å². The lowest BCUT2D eigenvalue weighted by Gasteiger charge is -2.42. The number of methoxy groups -OCH3 is 1. The van der Waals surface area contributed by atoms with E-state index < -0.39 is 5.41 Å². The Morgan fingerprint density at radius 3 is 2.40 bits per heavy atom. The molecule has 0 radical (unpaired) electrons. The maximum Gasteiger partial charge on any atom is 0.321 e. The van der Waals surface area contributed by atoms with Gasteiger partial charge in [-0.1, -0.05) is 66.2 Å². The molecule has 2 unspecified atom stereocenters. The van der Waals surface area contributed by atoms with Gasteiger partial charge in [0.25, 0.3) is 5.91 Å². The summed E-state index contributed by atoms with van der Waals surface area (Å²) in [6, 6.07) is 20.4. The van der Waals surface area contributed by atoms with Crippen LogP contribution in [0, 0.1) is 0 Å². The third-order valence-electron chi connectivity index (χ3n) is 8.50. The molecule has 9 heteroatoms. The van der Waals surface area contributed by atoms with E-state index >= 15 is 0 Å². The average molecular weight is 590 g/mol. The molecule has 1 aliphatic carbocycles. The zero-order chi connectivity index (χ0) is 29.9. The molecule has 220 valence electrons. The molecule has 0 aromatic heterocycles. The first-order chi connectivity index (χ1) is 20.3. The van der Waals surface area contributed by atoms with Gasteiger partial charge in [-0.2, -0.15) is 0 Å². The van der Waals surface area contributed by atoms with Crippen LogP contribution in [-0.2, 0) is 19.7 Å². The van der Waals surface area contributed by atoms with E-state index in [1.807, 2.05) is 66.4 Å². The summed E-state index contributed by atoms with van der Waals surface area (Å²) in [6.45, 7) is 3.13. The zero-order valence-corrected chi connectivity index (χ0v) is 24.7. The molecular formula is C33H36ClN3O5. The second-order valence-electron chi connectivity index (χ2n) is 10.8. The van der Waals surface area contributed by atoms with Gasteiger partial charge in [0.2, 0.25) is 5.91 Å². The predicted octanol–water partition coefficient (Wildman–Crippen LogP) is 5.08. The van der Waals surface area contributed by atoms with Crippen LogP contribution in [-0.4, -0.2) is 55.5 Å². The van der Waals surface area contributed by atoms with E-state index in [9.17, 15) is 14.4 Å². The van der Waals surface area contributed by atoms with Crippen molar-refractivity contribution in [2.75, 3.05) is 32.5 Å². The van der Waals surface area contributed by atoms with Gasteiger partial charge in [0.05, 0.1) is 35.9 Å². The van der Waals surface area contributed by atoms with E-state index in [0.717, 1.165) is 16.7 Å². The molecular weight excluding hydrogens is 554 g/mol. The maximum absolute atomic E-state index is 13.9. The van der Waals surface area contributed by atoms with Gasteiger partial charge >= 0.3 is 5.97 Å². The van der Waals surface area contributed by atoms with E-state index in [1.165, 1.54) is 19.2 Å². The summed E-state index contributed by atoms with van der Waals surface area (Å²) >= 11 is 6.15. The van der Waals surface area contributed by atoms with Gasteiger partial charge in [-0.05, 0) is 55.4 Å². The monoisotopic (exact) mass is 589 g/mol. The Kier molecular flexibility index (Phi) is 8.73. The van der Waals surface area contributed by atoms with Gasteiger partial charge in [0.1, 0.15) is 11.2 Å². The number of nitrogen functional groups attached to an aromatic ring is 1. The zero-order valence-electron chi connectivity index (χ0n) is 23.9. The first kappa shape index (κ1) is 29.5. The topological polar surface area (TPSA) is 111 Å². The van der Waals surface area contributed by atoms with E-state index in [-0.39, 0.29) is 41.4 Å². The molecule has 42 heavy (non-hydrogen) atoms. The summed E-state index contributed by atoms with van der Waals surface area (Å²) in [5.41, 5.74) is 8.12. The molecule has 1 fully saturated rings. The van der Waals surface area contributed by atoms with Crippen LogP contribution in [0.15, 0.2) is 66.7 Å². The number of hydrogen-bond donors (Lipinski definition) is 2. The summed E-state index contributed by atoms with van der Waals surface area (Å²) in [5.74, 6) is -0.544. The van der Waals surface area contributed by atoms with Gasteiger partial charge in [-0.3, -0.25) is 14.4 Å². The number of piperidine rings is 1. The molecule has 1 saturated heterocycles. The van der Waals surface area contributed by atoms with Crippen molar-refractivity contribution in [1.29, 1.82) is 0 Å². The van der Waals surface area contributed by atoms with Crippen molar-refractivity contribution >= 4 is 35.1 Å². The summed E-state index contributed by atoms with van der Waals surface area (Å²) in [7, 11) is 1.48. The number of amides is 2. The lowest BCUT2D eigenvalue weighted by molar-refractivity contribution is -0.149. The molecule has 5 rings (SSSR count). The number of halogens is 1. The minimum absolute atomic E-state index is 0.0460. The molecule has 2 aliphatic rings. The number of ether oxygens (including phenoxy) is 2. The van der Waals surface area contributed by atoms with Crippen LogP contribution in [0.1, 0.15) is 65.6 Å². The summed E-state index contributed by atoms with van der Waals surface area (Å²) in [4.78, 5) is 42.4. The minimum Gasteiger partial charge on any atom is -0.496 e. The number of nitrogens with zero attached hydrogens (tertiary/aromatic N) is 1. The highest BCUT2D eigenvalue weighted by Crippen LogP contribution is 2.48. The Labute approximate surface area is 251 Å². The first-order valence-corrected chi connectivity index (χ1v) is 14.7. The number of nitrogens with two attached hydrogens (primary N) is 1. The van der Waals surface area contributed by atoms with Gasteiger partial charge in [-0.15, -0.1) is 0 Å². The molecule has 3 aromatic rings. The highest BCUT2D eigenvalue weighted by atomic mass is 35.5. The lowest BCUT2D eigenvalue weighted by Crippen LogP contribution is -2.49. The minimum atomic E-state index is -0.964. The van der Waals surface area contributed by atoms with Crippen LogP contribution >= 0.6 is 11.6 Å². The Hall–Kier alpha value is -4.04. The number of carbonyl (C=O) groups excluding carboxylic acids is 3. The van der Waals surface area contributed by atoms with Crippen molar-refractivity contribution in [3.63, 3.8) is 0 Å². The Balaban J connectivity index is 1.32. The summed E-state index contributed by atoms with van der Waals surface area (Å²) < 4.78 is 10.9. The van der Waals surface area contributed by atoms with Crippen molar-refractivity contribution < 1.29 is 23.9 Å². The number of fused-ring (bicyclic) bond motifs is 1. The Morgan fingerprint density at radius 1 is 1.02 bits per heavy atom. The Bertz CT molecular complexity index is 1470. The van der Waals surface area contributed by atoms with E-state index in [4.69, 9.17) is 26.8 Å². The van der Waals surface area contributed by atoms with Gasteiger partial charge in [0.15, 0.2) is 0 Å². The second kappa shape index (κ2) is 12.4. The number of nitrogens with one attached hydrogen (secondary N) is 1. The molecule has 0 bridgehead atoms. The first-order valence-electron chi connectivity index (χ1n) is 14.3. The lowest BCUT2D eigenvalue weighted by atomic mass is 9.63. The highest BCUT2D eigenvalue weighted by Gasteiger charge is 2.50. The molecule has 8 nitrogen and oxygen atoms in total.